The van der Waals surface area contributed by atoms with E-state index in [1.54, 1.807) is 0 Å². The molecule has 0 N–H and O–H groups in total. The van der Waals surface area contributed by atoms with Crippen LogP contribution in [0.1, 0.15) is 6.92 Å². The Bertz CT molecular complexity index is 499. The monoisotopic (exact) mass is 282 g/mol. The molecule has 0 aliphatic carbocycles. The number of hydrogen-bond acceptors (Lipinski definition) is 7. The van der Waals surface area contributed by atoms with Crippen LogP contribution in [0.4, 0.5) is 0 Å². The maximum atomic E-state index is 10.7. The Morgan fingerprint density at radius 2 is 1.20 bits per heavy atom. The Labute approximate surface area is 112 Å². The van der Waals surface area contributed by atoms with Crippen molar-refractivity contribution in [2.75, 3.05) is 7.11 Å². The lowest BCUT2D eigenvalue weighted by Crippen LogP contribution is -2.31. The molecule has 0 spiro atoms. The molecule has 9 heteroatoms. The number of hydrogen-bond donors (Lipinski definition) is 0. The zero-order valence-electron chi connectivity index (χ0n) is 10.6. The molecule has 0 fully saturated rings. The summed E-state index contributed by atoms with van der Waals surface area (Å²) in [6.45, 7) is 1.11. The lowest BCUT2D eigenvalue weighted by Gasteiger charge is -2.09. The quantitative estimate of drug-likeness (QED) is 0.589. The molecule has 0 aromatic heterocycles. The van der Waals surface area contributed by atoms with E-state index in [1.165, 1.54) is 7.11 Å². The Morgan fingerprint density at radius 3 is 1.45 bits per heavy atom. The van der Waals surface area contributed by atoms with E-state index in [4.69, 9.17) is 0 Å². The molecule has 20 heavy (non-hydrogen) atoms. The van der Waals surface area contributed by atoms with Gasteiger partial charge < -0.3 is 4.84 Å². The van der Waals surface area contributed by atoms with Gasteiger partial charge in [0.1, 0.15) is 0 Å². The highest BCUT2D eigenvalue weighted by molar-refractivity contribution is 6.12. The van der Waals surface area contributed by atoms with Gasteiger partial charge in [-0.15, -0.1) is 5.06 Å². The second-order valence-corrected chi connectivity index (χ2v) is 3.37. The van der Waals surface area contributed by atoms with Crippen LogP contribution in [0.3, 0.4) is 0 Å². The molecule has 0 bridgehead atoms. The first-order chi connectivity index (χ1) is 9.36. The van der Waals surface area contributed by atoms with Crippen molar-refractivity contribution in [1.82, 2.24) is 10.1 Å². The molecule has 0 aromatic carbocycles. The van der Waals surface area contributed by atoms with Crippen molar-refractivity contribution in [2.24, 2.45) is 0 Å². The number of hydroxylamine groups is 4. The summed E-state index contributed by atoms with van der Waals surface area (Å²) >= 11 is 0. The second-order valence-electron chi connectivity index (χ2n) is 3.37. The predicted octanol–water partition coefficient (Wildman–Crippen LogP) is -1.14. The molecule has 0 radical (unpaired) electrons. The summed E-state index contributed by atoms with van der Waals surface area (Å²) in [4.78, 5) is 61.3. The fourth-order valence-corrected chi connectivity index (χ4v) is 1.17. The van der Waals surface area contributed by atoms with Gasteiger partial charge in [0, 0.05) is 31.2 Å². The van der Waals surface area contributed by atoms with Crippen LogP contribution >= 0.6 is 0 Å². The summed E-state index contributed by atoms with van der Waals surface area (Å²) in [6.07, 6.45) is 4.38. The molecule has 4 amide bonds. The van der Waals surface area contributed by atoms with Gasteiger partial charge in [0.15, 0.2) is 0 Å². The fourth-order valence-electron chi connectivity index (χ4n) is 1.17. The van der Waals surface area contributed by atoms with Gasteiger partial charge in [-0.25, -0.2) is 4.79 Å². The number of carbonyl (C=O) groups is 5. The molecule has 2 rings (SSSR count). The van der Waals surface area contributed by atoms with Crippen molar-refractivity contribution < 1.29 is 33.6 Å². The number of rotatable bonds is 2. The highest BCUT2D eigenvalue weighted by Crippen LogP contribution is 2.03. The van der Waals surface area contributed by atoms with Gasteiger partial charge in [-0.1, -0.05) is 5.06 Å². The molecule has 2 aliphatic rings. The van der Waals surface area contributed by atoms with Crippen molar-refractivity contribution in [2.45, 2.75) is 6.92 Å². The number of carbonyl (C=O) groups excluding carboxylic acids is 5. The van der Waals surface area contributed by atoms with Gasteiger partial charge in [-0.05, 0) is 0 Å². The van der Waals surface area contributed by atoms with Crippen molar-refractivity contribution in [1.29, 1.82) is 0 Å². The van der Waals surface area contributed by atoms with Gasteiger partial charge >= 0.3 is 5.97 Å². The van der Waals surface area contributed by atoms with Gasteiger partial charge in [-0.2, -0.15) is 0 Å². The van der Waals surface area contributed by atoms with E-state index >= 15 is 0 Å². The molecule has 9 nitrogen and oxygen atoms in total. The summed E-state index contributed by atoms with van der Waals surface area (Å²) < 4.78 is 0. The van der Waals surface area contributed by atoms with E-state index in [2.05, 4.69) is 9.68 Å². The van der Waals surface area contributed by atoms with Gasteiger partial charge in [0.05, 0.1) is 7.11 Å². The summed E-state index contributed by atoms with van der Waals surface area (Å²) in [5.41, 5.74) is 0. The van der Waals surface area contributed by atoms with Gasteiger partial charge in [-0.3, -0.25) is 24.0 Å². The normalized spacial score (nSPS) is 16.7. The van der Waals surface area contributed by atoms with Crippen LogP contribution in [0.15, 0.2) is 24.3 Å². The van der Waals surface area contributed by atoms with Crippen molar-refractivity contribution in [3.63, 3.8) is 0 Å². The Kier molecular flexibility index (Phi) is 4.87. The minimum absolute atomic E-state index is 0.405. The molecule has 0 saturated carbocycles. The fraction of sp³-hybridized carbons (Fsp3) is 0.182. The number of imide groups is 2. The van der Waals surface area contributed by atoms with E-state index in [9.17, 15) is 24.0 Å². The standard InChI is InChI=1S/C6H5NO4.C5H5NO3/c1-4(8)11-7-5(9)2-3-6(7)10;1-9-6-4(7)2-3-5(6)8/h2-3H,1H3;2-3H,1H3. The lowest BCUT2D eigenvalue weighted by molar-refractivity contribution is -0.194. The maximum absolute atomic E-state index is 10.7. The van der Waals surface area contributed by atoms with Crippen molar-refractivity contribution >= 4 is 29.6 Å². The summed E-state index contributed by atoms with van der Waals surface area (Å²) in [6, 6.07) is 0. The SMILES string of the molecule is CC(=O)ON1C(=O)C=CC1=O.CON1C(=O)C=CC1=O. The molecule has 0 unspecified atom stereocenters. The number of nitrogens with zero attached hydrogens (tertiary/aromatic N) is 2. The van der Waals surface area contributed by atoms with Crippen LogP contribution in [-0.2, 0) is 33.6 Å². The molecular weight excluding hydrogens is 272 g/mol. The molecule has 106 valence electrons. The molecule has 2 heterocycles. The van der Waals surface area contributed by atoms with Crippen LogP contribution in [0.25, 0.3) is 0 Å². The van der Waals surface area contributed by atoms with E-state index in [1.807, 2.05) is 0 Å². The first-order valence-electron chi connectivity index (χ1n) is 5.21. The topological polar surface area (TPSA) is 110 Å². The predicted molar refractivity (Wildman–Crippen MR) is 60.8 cm³/mol. The summed E-state index contributed by atoms with van der Waals surface area (Å²) in [7, 11) is 1.27. The number of amides is 4. The third-order valence-corrected chi connectivity index (χ3v) is 1.94. The van der Waals surface area contributed by atoms with Crippen LogP contribution in [0, 0.1) is 0 Å². The zero-order valence-corrected chi connectivity index (χ0v) is 10.6. The van der Waals surface area contributed by atoms with E-state index < -0.39 is 29.6 Å². The van der Waals surface area contributed by atoms with Crippen molar-refractivity contribution in [3.8, 4) is 0 Å². The minimum atomic E-state index is -0.699. The highest BCUT2D eigenvalue weighted by atomic mass is 16.7. The van der Waals surface area contributed by atoms with Gasteiger partial charge in [0.2, 0.25) is 0 Å². The molecular formula is C11H10N2O7. The van der Waals surface area contributed by atoms with Crippen LogP contribution in [0.2, 0.25) is 0 Å². The van der Waals surface area contributed by atoms with Crippen molar-refractivity contribution in [3.05, 3.63) is 24.3 Å². The largest absolute Gasteiger partial charge is 0.330 e. The van der Waals surface area contributed by atoms with Gasteiger partial charge in [0.25, 0.3) is 23.6 Å². The van der Waals surface area contributed by atoms with E-state index in [0.717, 1.165) is 31.2 Å². The zero-order chi connectivity index (χ0) is 15.3. The molecule has 2 aliphatic heterocycles. The molecule has 0 atom stereocenters. The Hall–Kier alpha value is -2.81. The molecule has 0 aromatic rings. The highest BCUT2D eigenvalue weighted by Gasteiger charge is 2.26. The summed E-state index contributed by atoms with van der Waals surface area (Å²) in [5.74, 6) is -2.82. The average molecular weight is 282 g/mol. The van der Waals surface area contributed by atoms with Crippen LogP contribution < -0.4 is 0 Å². The maximum Gasteiger partial charge on any atom is 0.330 e. The first-order valence-corrected chi connectivity index (χ1v) is 5.21. The smallest absolute Gasteiger partial charge is 0.330 e. The Balaban J connectivity index is 0.000000204. The minimum Gasteiger partial charge on any atom is -0.330 e. The van der Waals surface area contributed by atoms with Crippen LogP contribution in [-0.4, -0.2) is 46.8 Å². The van der Waals surface area contributed by atoms with Crippen LogP contribution in [0.5, 0.6) is 0 Å². The average Bonchev–Trinajstić information content (AvgIpc) is 2.86. The third kappa shape index (κ3) is 3.59. The summed E-state index contributed by atoms with van der Waals surface area (Å²) in [5, 5.41) is 1.09. The first kappa shape index (κ1) is 15.2. The Morgan fingerprint density at radius 1 is 0.850 bits per heavy atom. The second kappa shape index (κ2) is 6.38. The lowest BCUT2D eigenvalue weighted by atomic mass is 10.6. The molecule has 0 saturated heterocycles. The third-order valence-electron chi connectivity index (χ3n) is 1.94. The van der Waals surface area contributed by atoms with E-state index in [0.29, 0.717) is 10.1 Å². The van der Waals surface area contributed by atoms with E-state index in [-0.39, 0.29) is 0 Å².